The zero-order valence-corrected chi connectivity index (χ0v) is 13.2. The Hall–Kier alpha value is -1.84. The van der Waals surface area contributed by atoms with E-state index < -0.39 is 0 Å². The van der Waals surface area contributed by atoms with Crippen molar-refractivity contribution >= 4 is 0 Å². The fraction of sp³-hybridized carbons (Fsp3) is 0.368. The van der Waals surface area contributed by atoms with Crippen molar-refractivity contribution in [2.75, 3.05) is 13.1 Å². The summed E-state index contributed by atoms with van der Waals surface area (Å²) in [4.78, 5) is 2.49. The Morgan fingerprint density at radius 1 is 1.00 bits per heavy atom. The zero-order valence-electron chi connectivity index (χ0n) is 13.2. The van der Waals surface area contributed by atoms with Crippen molar-refractivity contribution in [2.45, 2.75) is 33.0 Å². The van der Waals surface area contributed by atoms with Crippen LogP contribution in [0.15, 0.2) is 42.5 Å². The standard InChI is InChI=1S/C19H24N2O/c1-2-20-12-16-3-6-17-13-21(14-18(17)11-16)10-9-15-4-7-19(22)8-5-15/h3-8,11,20,22H,2,9-10,12-14H2,1H3. The van der Waals surface area contributed by atoms with Crippen molar-refractivity contribution in [1.29, 1.82) is 0 Å². The van der Waals surface area contributed by atoms with Crippen molar-refractivity contribution in [3.63, 3.8) is 0 Å². The molecule has 0 saturated carbocycles. The normalized spacial score (nSPS) is 14.2. The third-order valence-electron chi connectivity index (χ3n) is 4.29. The number of phenolic OH excluding ortho intramolecular Hbond substituents is 1. The van der Waals surface area contributed by atoms with Gasteiger partial charge in [0.15, 0.2) is 0 Å². The van der Waals surface area contributed by atoms with Gasteiger partial charge in [0.05, 0.1) is 0 Å². The Morgan fingerprint density at radius 3 is 2.50 bits per heavy atom. The minimum Gasteiger partial charge on any atom is -0.508 e. The molecule has 3 rings (SSSR count). The molecule has 0 fully saturated rings. The molecule has 0 spiro atoms. The molecule has 22 heavy (non-hydrogen) atoms. The molecule has 0 unspecified atom stereocenters. The topological polar surface area (TPSA) is 35.5 Å². The number of aromatic hydroxyl groups is 1. The lowest BCUT2D eigenvalue weighted by atomic mass is 10.1. The van der Waals surface area contributed by atoms with Crippen molar-refractivity contribution in [1.82, 2.24) is 10.2 Å². The fourth-order valence-corrected chi connectivity index (χ4v) is 3.01. The first-order chi connectivity index (χ1) is 10.7. The van der Waals surface area contributed by atoms with Gasteiger partial charge >= 0.3 is 0 Å². The first-order valence-electron chi connectivity index (χ1n) is 8.06. The first kappa shape index (κ1) is 15.1. The molecule has 0 atom stereocenters. The van der Waals surface area contributed by atoms with Crippen LogP contribution < -0.4 is 5.32 Å². The van der Waals surface area contributed by atoms with Gasteiger partial charge in [-0.15, -0.1) is 0 Å². The van der Waals surface area contributed by atoms with Gasteiger partial charge in [-0.3, -0.25) is 4.90 Å². The molecule has 0 aliphatic carbocycles. The van der Waals surface area contributed by atoms with Crippen LogP contribution >= 0.6 is 0 Å². The predicted octanol–water partition coefficient (Wildman–Crippen LogP) is 3.06. The summed E-state index contributed by atoms with van der Waals surface area (Å²) in [5.74, 6) is 0.338. The molecule has 3 heteroatoms. The van der Waals surface area contributed by atoms with E-state index in [0.29, 0.717) is 5.75 Å². The lowest BCUT2D eigenvalue weighted by molar-refractivity contribution is 0.288. The van der Waals surface area contributed by atoms with Crippen LogP contribution in [0.2, 0.25) is 0 Å². The number of phenols is 1. The molecule has 3 nitrogen and oxygen atoms in total. The first-order valence-corrected chi connectivity index (χ1v) is 8.06. The summed E-state index contributed by atoms with van der Waals surface area (Å²) in [5, 5.41) is 12.7. The summed E-state index contributed by atoms with van der Waals surface area (Å²) in [6, 6.07) is 14.4. The lowest BCUT2D eigenvalue weighted by Crippen LogP contribution is -2.19. The van der Waals surface area contributed by atoms with E-state index in [9.17, 15) is 5.11 Å². The minimum absolute atomic E-state index is 0.338. The summed E-state index contributed by atoms with van der Waals surface area (Å²) in [7, 11) is 0. The molecule has 0 saturated heterocycles. The van der Waals surface area contributed by atoms with Gasteiger partial charge in [0.25, 0.3) is 0 Å². The summed E-state index contributed by atoms with van der Waals surface area (Å²) in [6.07, 6.45) is 1.03. The maximum atomic E-state index is 9.33. The smallest absolute Gasteiger partial charge is 0.115 e. The molecular weight excluding hydrogens is 272 g/mol. The Bertz CT molecular complexity index is 622. The predicted molar refractivity (Wildman–Crippen MR) is 89.7 cm³/mol. The van der Waals surface area contributed by atoms with Gasteiger partial charge in [0.2, 0.25) is 0 Å². The Morgan fingerprint density at radius 2 is 1.73 bits per heavy atom. The van der Waals surface area contributed by atoms with Crippen LogP contribution in [-0.4, -0.2) is 23.1 Å². The monoisotopic (exact) mass is 296 g/mol. The highest BCUT2D eigenvalue weighted by atomic mass is 16.3. The van der Waals surface area contributed by atoms with Gasteiger partial charge < -0.3 is 10.4 Å². The molecule has 2 N–H and O–H groups in total. The highest BCUT2D eigenvalue weighted by molar-refractivity contribution is 5.35. The van der Waals surface area contributed by atoms with Crippen LogP contribution in [0.5, 0.6) is 5.75 Å². The van der Waals surface area contributed by atoms with Crippen molar-refractivity contribution in [3.05, 3.63) is 64.7 Å². The van der Waals surface area contributed by atoms with E-state index in [1.54, 1.807) is 12.1 Å². The third-order valence-corrected chi connectivity index (χ3v) is 4.29. The van der Waals surface area contributed by atoms with Gasteiger partial charge in [-0.05, 0) is 47.4 Å². The molecule has 2 aromatic rings. The third kappa shape index (κ3) is 3.67. The SMILES string of the molecule is CCNCc1ccc2c(c1)CN(CCc1ccc(O)cc1)C2. The Labute approximate surface area is 132 Å². The van der Waals surface area contributed by atoms with E-state index >= 15 is 0 Å². The molecule has 0 radical (unpaired) electrons. The van der Waals surface area contributed by atoms with Gasteiger partial charge in [-0.25, -0.2) is 0 Å². The molecule has 0 amide bonds. The number of nitrogens with one attached hydrogen (secondary N) is 1. The molecule has 0 aromatic heterocycles. The largest absolute Gasteiger partial charge is 0.508 e. The van der Waals surface area contributed by atoms with E-state index in [0.717, 1.165) is 39.1 Å². The van der Waals surface area contributed by atoms with Crippen molar-refractivity contribution in [2.24, 2.45) is 0 Å². The Balaban J connectivity index is 1.56. The average Bonchev–Trinajstić information content (AvgIpc) is 2.94. The average molecular weight is 296 g/mol. The van der Waals surface area contributed by atoms with E-state index in [4.69, 9.17) is 0 Å². The molecule has 116 valence electrons. The second kappa shape index (κ2) is 6.95. The maximum Gasteiger partial charge on any atom is 0.115 e. The highest BCUT2D eigenvalue weighted by Gasteiger charge is 2.18. The number of hydrogen-bond donors (Lipinski definition) is 2. The molecule has 1 heterocycles. The van der Waals surface area contributed by atoms with Crippen LogP contribution in [-0.2, 0) is 26.1 Å². The summed E-state index contributed by atoms with van der Waals surface area (Å²) in [6.45, 7) is 7.26. The number of rotatable bonds is 6. The van der Waals surface area contributed by atoms with Crippen LogP contribution in [0.3, 0.4) is 0 Å². The van der Waals surface area contributed by atoms with E-state index in [2.05, 4.69) is 35.3 Å². The molecular formula is C19H24N2O. The number of fused-ring (bicyclic) bond motifs is 1. The van der Waals surface area contributed by atoms with Gasteiger partial charge in [0.1, 0.15) is 5.75 Å². The quantitative estimate of drug-likeness (QED) is 0.860. The second-order valence-electron chi connectivity index (χ2n) is 6.01. The van der Waals surface area contributed by atoms with E-state index in [1.165, 1.54) is 22.3 Å². The number of nitrogens with zero attached hydrogens (tertiary/aromatic N) is 1. The molecule has 2 aromatic carbocycles. The van der Waals surface area contributed by atoms with Crippen LogP contribution in [0.25, 0.3) is 0 Å². The van der Waals surface area contributed by atoms with Gasteiger partial charge in [0, 0.05) is 26.2 Å². The van der Waals surface area contributed by atoms with Crippen LogP contribution in [0.1, 0.15) is 29.2 Å². The van der Waals surface area contributed by atoms with Gasteiger partial charge in [-0.2, -0.15) is 0 Å². The Kier molecular flexibility index (Phi) is 4.76. The minimum atomic E-state index is 0.338. The van der Waals surface area contributed by atoms with Crippen LogP contribution in [0.4, 0.5) is 0 Å². The van der Waals surface area contributed by atoms with E-state index in [1.807, 2.05) is 12.1 Å². The van der Waals surface area contributed by atoms with Crippen molar-refractivity contribution in [3.8, 4) is 5.75 Å². The van der Waals surface area contributed by atoms with Gasteiger partial charge in [-0.1, -0.05) is 37.3 Å². The lowest BCUT2D eigenvalue weighted by Gasteiger charge is -2.14. The van der Waals surface area contributed by atoms with Crippen LogP contribution in [0, 0.1) is 0 Å². The summed E-state index contributed by atoms with van der Waals surface area (Å²) in [5.41, 5.74) is 5.59. The molecule has 1 aliphatic rings. The fourth-order valence-electron chi connectivity index (χ4n) is 3.01. The highest BCUT2D eigenvalue weighted by Crippen LogP contribution is 2.24. The summed E-state index contributed by atoms with van der Waals surface area (Å²) < 4.78 is 0. The number of hydrogen-bond acceptors (Lipinski definition) is 3. The van der Waals surface area contributed by atoms with Crippen molar-refractivity contribution < 1.29 is 5.11 Å². The molecule has 1 aliphatic heterocycles. The second-order valence-corrected chi connectivity index (χ2v) is 6.01. The zero-order chi connectivity index (χ0) is 15.4. The number of benzene rings is 2. The van der Waals surface area contributed by atoms with E-state index in [-0.39, 0.29) is 0 Å². The summed E-state index contributed by atoms with van der Waals surface area (Å²) >= 11 is 0. The maximum absolute atomic E-state index is 9.33. The molecule has 0 bridgehead atoms.